The van der Waals surface area contributed by atoms with Crippen molar-refractivity contribution in [2.75, 3.05) is 7.11 Å². The molecule has 0 aliphatic carbocycles. The van der Waals surface area contributed by atoms with E-state index in [1.54, 1.807) is 7.11 Å². The summed E-state index contributed by atoms with van der Waals surface area (Å²) in [6.45, 7) is 7.19. The number of benzene rings is 2. The van der Waals surface area contributed by atoms with Crippen LogP contribution in [0.3, 0.4) is 0 Å². The van der Waals surface area contributed by atoms with E-state index in [4.69, 9.17) is 21.9 Å². The molecule has 0 amide bonds. The van der Waals surface area contributed by atoms with E-state index in [0.717, 1.165) is 16.6 Å². The van der Waals surface area contributed by atoms with Crippen molar-refractivity contribution in [3.05, 3.63) is 113 Å². The van der Waals surface area contributed by atoms with Crippen molar-refractivity contribution in [3.63, 3.8) is 0 Å². The molecule has 35 heavy (non-hydrogen) atoms. The highest BCUT2D eigenvalue weighted by Gasteiger charge is 2.41. The Morgan fingerprint density at radius 2 is 1.77 bits per heavy atom. The Balaban J connectivity index is 1.60. The van der Waals surface area contributed by atoms with Crippen molar-refractivity contribution in [2.24, 2.45) is 0 Å². The van der Waals surface area contributed by atoms with Crippen LogP contribution >= 0.6 is 12.2 Å². The highest BCUT2D eigenvalue weighted by atomic mass is 32.1. The van der Waals surface area contributed by atoms with Gasteiger partial charge >= 0.3 is 0 Å². The molecule has 1 fully saturated rings. The van der Waals surface area contributed by atoms with Gasteiger partial charge in [-0.15, -0.1) is 0 Å². The number of pyridine rings is 1. The summed E-state index contributed by atoms with van der Waals surface area (Å²) in [6.07, 6.45) is 1.85. The van der Waals surface area contributed by atoms with E-state index < -0.39 is 0 Å². The van der Waals surface area contributed by atoms with Crippen LogP contribution < -0.4 is 10.1 Å². The first kappa shape index (κ1) is 23.1. The van der Waals surface area contributed by atoms with E-state index in [9.17, 15) is 0 Å². The monoisotopic (exact) mass is 482 g/mol. The van der Waals surface area contributed by atoms with Crippen LogP contribution in [-0.4, -0.2) is 26.7 Å². The van der Waals surface area contributed by atoms with Crippen molar-refractivity contribution in [1.82, 2.24) is 19.8 Å². The van der Waals surface area contributed by atoms with Gasteiger partial charge in [0.25, 0.3) is 0 Å². The van der Waals surface area contributed by atoms with Gasteiger partial charge in [0.1, 0.15) is 5.75 Å². The average molecular weight is 483 g/mol. The molecule has 0 bridgehead atoms. The van der Waals surface area contributed by atoms with E-state index in [-0.39, 0.29) is 12.1 Å². The number of rotatable bonds is 6. The van der Waals surface area contributed by atoms with Gasteiger partial charge in [-0.25, -0.2) is 0 Å². The minimum absolute atomic E-state index is 0.00395. The van der Waals surface area contributed by atoms with Gasteiger partial charge < -0.3 is 19.5 Å². The van der Waals surface area contributed by atoms with Gasteiger partial charge in [-0.1, -0.05) is 30.3 Å². The smallest absolute Gasteiger partial charge is 0.170 e. The number of hydrogen-bond donors (Lipinski definition) is 1. The molecular weight excluding hydrogens is 452 g/mol. The maximum atomic E-state index is 5.89. The number of nitrogens with one attached hydrogen (secondary N) is 1. The molecule has 2 aromatic carbocycles. The molecule has 1 aliphatic heterocycles. The lowest BCUT2D eigenvalue weighted by Crippen LogP contribution is -2.29. The van der Waals surface area contributed by atoms with Crippen LogP contribution in [0.25, 0.3) is 5.69 Å². The molecule has 6 heteroatoms. The van der Waals surface area contributed by atoms with Gasteiger partial charge in [0.15, 0.2) is 5.11 Å². The molecule has 2 aromatic heterocycles. The Bertz CT molecular complexity index is 1350. The predicted octanol–water partition coefficient (Wildman–Crippen LogP) is 5.98. The standard InChI is InChI=1S/C29H30N4OS/c1-19-8-7-9-23(16-19)33-20(2)17-25(21(33)3)28-27(26-10-5-6-15-30-26)31-29(35)32(28)18-22-11-13-24(34-4)14-12-22/h5-17,27-28H,18H2,1-4H3,(H,31,35). The average Bonchev–Trinajstić information content (AvgIpc) is 3.34. The van der Waals surface area contributed by atoms with Crippen LogP contribution in [0.15, 0.2) is 79.0 Å². The summed E-state index contributed by atoms with van der Waals surface area (Å²) in [5, 5.41) is 4.32. The fourth-order valence-corrected chi connectivity index (χ4v) is 5.40. The van der Waals surface area contributed by atoms with Gasteiger partial charge in [-0.2, -0.15) is 0 Å². The predicted molar refractivity (Wildman–Crippen MR) is 144 cm³/mol. The molecule has 4 aromatic rings. The third-order valence-electron chi connectivity index (χ3n) is 6.76. The molecule has 0 spiro atoms. The van der Waals surface area contributed by atoms with Crippen LogP contribution in [0, 0.1) is 20.8 Å². The minimum Gasteiger partial charge on any atom is -0.497 e. The molecule has 2 unspecified atom stereocenters. The zero-order valence-corrected chi connectivity index (χ0v) is 21.3. The summed E-state index contributed by atoms with van der Waals surface area (Å²) in [5.41, 5.74) is 8.24. The van der Waals surface area contributed by atoms with Gasteiger partial charge in [-0.3, -0.25) is 4.98 Å². The number of thiocarbonyl (C=S) groups is 1. The summed E-state index contributed by atoms with van der Waals surface area (Å²) in [4.78, 5) is 6.98. The quantitative estimate of drug-likeness (QED) is 0.343. The largest absolute Gasteiger partial charge is 0.497 e. The van der Waals surface area contributed by atoms with Crippen LogP contribution in [0.5, 0.6) is 5.75 Å². The summed E-state index contributed by atoms with van der Waals surface area (Å²) in [7, 11) is 1.69. The highest BCUT2D eigenvalue weighted by Crippen LogP contribution is 2.42. The van der Waals surface area contributed by atoms with Crippen molar-refractivity contribution in [2.45, 2.75) is 39.4 Å². The lowest BCUT2D eigenvalue weighted by Gasteiger charge is -2.28. The maximum Gasteiger partial charge on any atom is 0.170 e. The number of aryl methyl sites for hydroxylation is 2. The Morgan fingerprint density at radius 3 is 2.46 bits per heavy atom. The molecule has 1 saturated heterocycles. The molecule has 0 saturated carbocycles. The molecule has 0 radical (unpaired) electrons. The second-order valence-electron chi connectivity index (χ2n) is 9.10. The van der Waals surface area contributed by atoms with E-state index >= 15 is 0 Å². The summed E-state index contributed by atoms with van der Waals surface area (Å²) >= 11 is 5.89. The minimum atomic E-state index is -0.0478. The molecule has 1 N–H and O–H groups in total. The van der Waals surface area contributed by atoms with Crippen molar-refractivity contribution in [1.29, 1.82) is 0 Å². The topological polar surface area (TPSA) is 42.3 Å². The fourth-order valence-electron chi connectivity index (χ4n) is 5.09. The van der Waals surface area contributed by atoms with E-state index in [1.807, 2.05) is 30.5 Å². The second kappa shape index (κ2) is 9.55. The molecule has 3 heterocycles. The maximum absolute atomic E-state index is 5.89. The number of ether oxygens (including phenoxy) is 1. The fraction of sp³-hybridized carbons (Fsp3) is 0.241. The third kappa shape index (κ3) is 4.42. The second-order valence-corrected chi connectivity index (χ2v) is 9.49. The van der Waals surface area contributed by atoms with Gasteiger partial charge in [0.2, 0.25) is 0 Å². The van der Waals surface area contributed by atoms with Crippen LogP contribution in [-0.2, 0) is 6.54 Å². The first-order chi connectivity index (χ1) is 17.0. The zero-order valence-electron chi connectivity index (χ0n) is 20.5. The highest BCUT2D eigenvalue weighted by molar-refractivity contribution is 7.80. The molecule has 2 atom stereocenters. The molecule has 178 valence electrons. The lowest BCUT2D eigenvalue weighted by molar-refractivity contribution is 0.310. The van der Waals surface area contributed by atoms with Gasteiger partial charge in [0.05, 0.1) is 24.9 Å². The third-order valence-corrected chi connectivity index (χ3v) is 7.11. The zero-order chi connectivity index (χ0) is 24.5. The molecular formula is C29H30N4OS. The van der Waals surface area contributed by atoms with Crippen molar-refractivity contribution in [3.8, 4) is 11.4 Å². The van der Waals surface area contributed by atoms with E-state index in [0.29, 0.717) is 6.54 Å². The lowest BCUT2D eigenvalue weighted by atomic mass is 9.96. The Kier molecular flexibility index (Phi) is 6.31. The number of methoxy groups -OCH3 is 1. The van der Waals surface area contributed by atoms with Gasteiger partial charge in [-0.05, 0) is 92.1 Å². The SMILES string of the molecule is COc1ccc(CN2C(=S)NC(c3ccccn3)C2c2cc(C)n(-c3cccc(C)c3)c2C)cc1. The Labute approximate surface area is 212 Å². The van der Waals surface area contributed by atoms with Crippen LogP contribution in [0.4, 0.5) is 0 Å². The van der Waals surface area contributed by atoms with Crippen molar-refractivity contribution < 1.29 is 4.74 Å². The first-order valence-electron chi connectivity index (χ1n) is 11.8. The Hall–Kier alpha value is -3.64. The molecule has 5 rings (SSSR count). The summed E-state index contributed by atoms with van der Waals surface area (Å²) in [6, 6.07) is 25.1. The Morgan fingerprint density at radius 1 is 0.971 bits per heavy atom. The van der Waals surface area contributed by atoms with Crippen LogP contribution in [0.1, 0.15) is 45.9 Å². The summed E-state index contributed by atoms with van der Waals surface area (Å²) in [5.74, 6) is 0.848. The van der Waals surface area contributed by atoms with Gasteiger partial charge in [0, 0.05) is 29.8 Å². The number of aromatic nitrogens is 2. The van der Waals surface area contributed by atoms with E-state index in [2.05, 4.69) is 84.1 Å². The molecule has 1 aliphatic rings. The molecule has 5 nitrogen and oxygen atoms in total. The summed E-state index contributed by atoms with van der Waals surface area (Å²) < 4.78 is 7.68. The van der Waals surface area contributed by atoms with Crippen LogP contribution in [0.2, 0.25) is 0 Å². The van der Waals surface area contributed by atoms with Crippen molar-refractivity contribution >= 4 is 17.3 Å². The first-order valence-corrected chi connectivity index (χ1v) is 12.2. The normalized spacial score (nSPS) is 17.5. The van der Waals surface area contributed by atoms with E-state index in [1.165, 1.54) is 33.8 Å². The number of hydrogen-bond acceptors (Lipinski definition) is 3. The number of nitrogens with zero attached hydrogens (tertiary/aromatic N) is 3.